The van der Waals surface area contributed by atoms with Crippen molar-refractivity contribution >= 4 is 11.9 Å². The third-order valence-electron chi connectivity index (χ3n) is 3.08. The van der Waals surface area contributed by atoms with Gasteiger partial charge in [-0.15, -0.1) is 0 Å². The molecule has 96 valence electrons. The van der Waals surface area contributed by atoms with Crippen molar-refractivity contribution in [2.24, 2.45) is 0 Å². The average molecular weight is 250 g/mol. The average Bonchev–Trinajstić information content (AvgIpc) is 2.39. The van der Waals surface area contributed by atoms with E-state index in [1.54, 1.807) is 0 Å². The lowest BCUT2D eigenvalue weighted by atomic mass is 10.0. The molecule has 0 bridgehead atoms. The molecule has 1 atom stereocenters. The van der Waals surface area contributed by atoms with Crippen molar-refractivity contribution in [1.82, 2.24) is 9.88 Å². The summed E-state index contributed by atoms with van der Waals surface area (Å²) in [6.07, 6.45) is 3.41. The lowest BCUT2D eigenvalue weighted by Crippen LogP contribution is -2.48. The molecule has 1 saturated heterocycles. The third kappa shape index (κ3) is 2.42. The zero-order chi connectivity index (χ0) is 13.1. The molecule has 6 nitrogen and oxygen atoms in total. The number of aromatic nitrogens is 1. The molecule has 0 aliphatic carbocycles. The molecule has 2 N–H and O–H groups in total. The molecule has 0 radical (unpaired) electrons. The summed E-state index contributed by atoms with van der Waals surface area (Å²) in [5.41, 5.74) is 0.0164. The van der Waals surface area contributed by atoms with E-state index in [0.29, 0.717) is 18.5 Å². The summed E-state index contributed by atoms with van der Waals surface area (Å²) in [6, 6.07) is 1.90. The van der Waals surface area contributed by atoms with Crippen molar-refractivity contribution in [1.29, 1.82) is 0 Å². The lowest BCUT2D eigenvalue weighted by Gasteiger charge is -2.32. The van der Waals surface area contributed by atoms with Crippen molar-refractivity contribution in [3.8, 4) is 0 Å². The Morgan fingerprint density at radius 1 is 1.33 bits per heavy atom. The number of likely N-dealkylation sites (tertiary alicyclic amines) is 1. The standard InChI is InChI=1S/C12H14N2O4/c15-10-5-4-8(7-13-10)11(16)14-6-2-1-3-9(14)12(17)18/h4-5,7,9H,1-3,6H2,(H,13,15)(H,17,18)/t9-/m0/s1. The topological polar surface area (TPSA) is 90.5 Å². The van der Waals surface area contributed by atoms with Gasteiger partial charge in [-0.2, -0.15) is 0 Å². The largest absolute Gasteiger partial charge is 0.480 e. The second-order valence-corrected chi connectivity index (χ2v) is 4.29. The van der Waals surface area contributed by atoms with Gasteiger partial charge in [-0.3, -0.25) is 9.59 Å². The van der Waals surface area contributed by atoms with Crippen LogP contribution in [0, 0.1) is 0 Å². The van der Waals surface area contributed by atoms with Gasteiger partial charge in [0.2, 0.25) is 5.56 Å². The van der Waals surface area contributed by atoms with Crippen LogP contribution < -0.4 is 5.56 Å². The number of aromatic amines is 1. The molecule has 2 rings (SSSR count). The van der Waals surface area contributed by atoms with Gasteiger partial charge in [0, 0.05) is 18.8 Å². The molecule has 6 heteroatoms. The van der Waals surface area contributed by atoms with Crippen molar-refractivity contribution in [3.63, 3.8) is 0 Å². The van der Waals surface area contributed by atoms with Crippen LogP contribution in [0.5, 0.6) is 0 Å². The first-order chi connectivity index (χ1) is 8.59. The Hall–Kier alpha value is -2.11. The number of carbonyl (C=O) groups excluding carboxylic acids is 1. The van der Waals surface area contributed by atoms with E-state index >= 15 is 0 Å². The molecule has 1 aliphatic heterocycles. The Balaban J connectivity index is 2.23. The van der Waals surface area contributed by atoms with Crippen LogP contribution in [-0.4, -0.2) is 39.5 Å². The maximum absolute atomic E-state index is 12.2. The molecular weight excluding hydrogens is 236 g/mol. The van der Waals surface area contributed by atoms with Crippen LogP contribution >= 0.6 is 0 Å². The Labute approximate surface area is 103 Å². The summed E-state index contributed by atoms with van der Waals surface area (Å²) in [7, 11) is 0. The third-order valence-corrected chi connectivity index (χ3v) is 3.08. The second kappa shape index (κ2) is 5.03. The number of nitrogens with one attached hydrogen (secondary N) is 1. The molecule has 18 heavy (non-hydrogen) atoms. The van der Waals surface area contributed by atoms with Gasteiger partial charge in [0.15, 0.2) is 0 Å². The van der Waals surface area contributed by atoms with E-state index in [1.165, 1.54) is 23.2 Å². The lowest BCUT2D eigenvalue weighted by molar-refractivity contribution is -0.143. The molecule has 1 aromatic rings. The second-order valence-electron chi connectivity index (χ2n) is 4.29. The van der Waals surface area contributed by atoms with Gasteiger partial charge in [-0.25, -0.2) is 4.79 Å². The molecular formula is C12H14N2O4. The number of nitrogens with zero attached hydrogens (tertiary/aromatic N) is 1. The van der Waals surface area contributed by atoms with Crippen molar-refractivity contribution in [2.75, 3.05) is 6.54 Å². The summed E-state index contributed by atoms with van der Waals surface area (Å²) in [5.74, 6) is -1.33. The first kappa shape index (κ1) is 12.3. The predicted molar refractivity (Wildman–Crippen MR) is 63.4 cm³/mol. The maximum Gasteiger partial charge on any atom is 0.326 e. The number of hydrogen-bond acceptors (Lipinski definition) is 3. The maximum atomic E-state index is 12.2. The molecule has 0 aromatic carbocycles. The summed E-state index contributed by atoms with van der Waals surface area (Å²) in [5, 5.41) is 9.10. The number of hydrogen-bond donors (Lipinski definition) is 2. The molecule has 0 saturated carbocycles. The van der Waals surface area contributed by atoms with Gasteiger partial charge >= 0.3 is 5.97 Å². The van der Waals surface area contributed by atoms with Crippen LogP contribution in [0.2, 0.25) is 0 Å². The van der Waals surface area contributed by atoms with Gasteiger partial charge in [-0.1, -0.05) is 0 Å². The number of carboxylic acid groups (broad SMARTS) is 1. The monoisotopic (exact) mass is 250 g/mol. The minimum Gasteiger partial charge on any atom is -0.480 e. The Morgan fingerprint density at radius 3 is 2.72 bits per heavy atom. The van der Waals surface area contributed by atoms with Crippen LogP contribution in [0.15, 0.2) is 23.1 Å². The zero-order valence-electron chi connectivity index (χ0n) is 9.76. The highest BCUT2D eigenvalue weighted by Crippen LogP contribution is 2.19. The van der Waals surface area contributed by atoms with Gasteiger partial charge < -0.3 is 15.0 Å². The van der Waals surface area contributed by atoms with E-state index in [9.17, 15) is 14.4 Å². The van der Waals surface area contributed by atoms with Crippen LogP contribution in [-0.2, 0) is 4.79 Å². The van der Waals surface area contributed by atoms with E-state index < -0.39 is 12.0 Å². The summed E-state index contributed by atoms with van der Waals surface area (Å²) < 4.78 is 0. The molecule has 0 unspecified atom stereocenters. The fraction of sp³-hybridized carbons (Fsp3) is 0.417. The van der Waals surface area contributed by atoms with E-state index in [0.717, 1.165) is 12.8 Å². The van der Waals surface area contributed by atoms with E-state index in [1.807, 2.05) is 0 Å². The Morgan fingerprint density at radius 2 is 2.11 bits per heavy atom. The number of pyridine rings is 1. The van der Waals surface area contributed by atoms with Crippen molar-refractivity contribution in [3.05, 3.63) is 34.2 Å². The number of piperidine rings is 1. The zero-order valence-corrected chi connectivity index (χ0v) is 9.76. The Bertz CT molecular complexity index is 503. The van der Waals surface area contributed by atoms with Crippen molar-refractivity contribution in [2.45, 2.75) is 25.3 Å². The van der Waals surface area contributed by atoms with Gasteiger partial charge in [0.05, 0.1) is 5.56 Å². The van der Waals surface area contributed by atoms with Crippen LogP contribution in [0.25, 0.3) is 0 Å². The number of H-pyrrole nitrogens is 1. The first-order valence-corrected chi connectivity index (χ1v) is 5.82. The highest BCUT2D eigenvalue weighted by molar-refractivity contribution is 5.96. The highest BCUT2D eigenvalue weighted by atomic mass is 16.4. The SMILES string of the molecule is O=C(O)[C@@H]1CCCCN1C(=O)c1ccc(=O)[nH]c1. The molecule has 2 heterocycles. The smallest absolute Gasteiger partial charge is 0.326 e. The molecule has 1 amide bonds. The minimum atomic E-state index is -0.979. The van der Waals surface area contributed by atoms with Gasteiger partial charge in [-0.05, 0) is 25.3 Å². The fourth-order valence-electron chi connectivity index (χ4n) is 2.14. The Kier molecular flexibility index (Phi) is 3.45. The van der Waals surface area contributed by atoms with Gasteiger partial charge in [0.25, 0.3) is 5.91 Å². The van der Waals surface area contributed by atoms with Crippen LogP contribution in [0.4, 0.5) is 0 Å². The minimum absolute atomic E-state index is 0.292. The van der Waals surface area contributed by atoms with E-state index in [2.05, 4.69) is 4.98 Å². The molecule has 1 aromatic heterocycles. The molecule has 1 fully saturated rings. The normalized spacial score (nSPS) is 19.6. The van der Waals surface area contributed by atoms with E-state index in [4.69, 9.17) is 5.11 Å². The van der Waals surface area contributed by atoms with Crippen LogP contribution in [0.1, 0.15) is 29.6 Å². The first-order valence-electron chi connectivity index (χ1n) is 5.82. The number of carbonyl (C=O) groups is 2. The van der Waals surface area contributed by atoms with Crippen LogP contribution in [0.3, 0.4) is 0 Å². The molecule has 1 aliphatic rings. The number of amides is 1. The number of rotatable bonds is 2. The predicted octanol–water partition coefficient (Wildman–Crippen LogP) is 0.454. The summed E-state index contributed by atoms with van der Waals surface area (Å²) in [4.78, 5) is 38.0. The summed E-state index contributed by atoms with van der Waals surface area (Å²) in [6.45, 7) is 0.439. The fourth-order valence-corrected chi connectivity index (χ4v) is 2.14. The number of aliphatic carboxylic acids is 1. The quantitative estimate of drug-likeness (QED) is 0.797. The summed E-state index contributed by atoms with van der Waals surface area (Å²) >= 11 is 0. The van der Waals surface area contributed by atoms with Gasteiger partial charge in [0.1, 0.15) is 6.04 Å². The molecule has 0 spiro atoms. The van der Waals surface area contributed by atoms with E-state index in [-0.39, 0.29) is 11.5 Å². The highest BCUT2D eigenvalue weighted by Gasteiger charge is 2.32. The van der Waals surface area contributed by atoms with Crippen molar-refractivity contribution < 1.29 is 14.7 Å². The number of carboxylic acids is 1.